The van der Waals surface area contributed by atoms with Crippen LogP contribution in [0.15, 0.2) is 71.6 Å². The first-order valence-corrected chi connectivity index (χ1v) is 13.5. The van der Waals surface area contributed by atoms with Crippen molar-refractivity contribution in [1.29, 1.82) is 0 Å². The van der Waals surface area contributed by atoms with Gasteiger partial charge in [0.2, 0.25) is 0 Å². The van der Waals surface area contributed by atoms with Crippen molar-refractivity contribution in [2.75, 3.05) is 27.2 Å². The molecule has 0 fully saturated rings. The minimum Gasteiger partial charge on any atom is -0.489 e. The van der Waals surface area contributed by atoms with Gasteiger partial charge < -0.3 is 9.64 Å². The zero-order valence-electron chi connectivity index (χ0n) is 20.1. The summed E-state index contributed by atoms with van der Waals surface area (Å²) >= 11 is 13.0. The van der Waals surface area contributed by atoms with E-state index in [-0.39, 0.29) is 15.8 Å². The lowest BCUT2D eigenvalue weighted by molar-refractivity contribution is 0.264. The number of ether oxygens (including phenoxy) is 1. The third-order valence-electron chi connectivity index (χ3n) is 5.81. The molecule has 0 N–H and O–H groups in total. The monoisotopic (exact) mass is 530 g/mol. The number of benzene rings is 3. The topological polar surface area (TPSA) is 51.5 Å². The second-order valence-corrected chi connectivity index (χ2v) is 11.6. The molecule has 0 saturated carbocycles. The van der Waals surface area contributed by atoms with Crippen molar-refractivity contribution in [2.45, 2.75) is 24.7 Å². The van der Waals surface area contributed by atoms with E-state index >= 15 is 0 Å². The van der Waals surface area contributed by atoms with Crippen LogP contribution in [0.3, 0.4) is 0 Å². The summed E-state index contributed by atoms with van der Waals surface area (Å²) in [6, 6.07) is 19.5. The zero-order valence-corrected chi connectivity index (χ0v) is 22.5. The predicted molar refractivity (Wildman–Crippen MR) is 145 cm³/mol. The molecule has 8 heteroatoms. The summed E-state index contributed by atoms with van der Waals surface area (Å²) in [7, 11) is -0.148. The molecule has 0 amide bonds. The molecule has 4 aromatic rings. The molecule has 0 saturated heterocycles. The maximum Gasteiger partial charge on any atom is 0.268 e. The van der Waals surface area contributed by atoms with Crippen LogP contribution in [0.2, 0.25) is 10.0 Å². The molecular formula is C27H28Cl2N2O3S. The van der Waals surface area contributed by atoms with Gasteiger partial charge in [-0.05, 0) is 49.8 Å². The molecule has 0 bridgehead atoms. The van der Waals surface area contributed by atoms with Crippen LogP contribution in [0.5, 0.6) is 5.75 Å². The van der Waals surface area contributed by atoms with Gasteiger partial charge in [-0.25, -0.2) is 12.4 Å². The Morgan fingerprint density at radius 2 is 1.63 bits per heavy atom. The minimum absolute atomic E-state index is 0.168. The SMILES string of the molecule is CC(C)c1ccc(S(=O)(=O)n2c(-c3ccccc3)c(OCCN(C)C)c3cc(Cl)cc(Cl)c32)cc1. The summed E-state index contributed by atoms with van der Waals surface area (Å²) in [5, 5.41) is 1.17. The van der Waals surface area contributed by atoms with Gasteiger partial charge in [-0.15, -0.1) is 0 Å². The highest BCUT2D eigenvalue weighted by Crippen LogP contribution is 2.45. The van der Waals surface area contributed by atoms with E-state index in [2.05, 4.69) is 13.8 Å². The van der Waals surface area contributed by atoms with E-state index < -0.39 is 10.0 Å². The molecule has 0 radical (unpaired) electrons. The molecule has 4 rings (SSSR count). The molecule has 184 valence electrons. The largest absolute Gasteiger partial charge is 0.489 e. The fraction of sp³-hybridized carbons (Fsp3) is 0.259. The van der Waals surface area contributed by atoms with Gasteiger partial charge in [-0.3, -0.25) is 0 Å². The Balaban J connectivity index is 2.05. The minimum atomic E-state index is -4.04. The van der Waals surface area contributed by atoms with Crippen LogP contribution in [0, 0.1) is 0 Å². The van der Waals surface area contributed by atoms with Gasteiger partial charge in [0.25, 0.3) is 10.0 Å². The number of hydrogen-bond donors (Lipinski definition) is 0. The highest BCUT2D eigenvalue weighted by molar-refractivity contribution is 7.90. The summed E-state index contributed by atoms with van der Waals surface area (Å²) in [6.07, 6.45) is 0. The van der Waals surface area contributed by atoms with E-state index in [0.29, 0.717) is 46.1 Å². The standard InChI is InChI=1S/C27H28Cl2N2O3S/c1-18(2)19-10-12-22(13-11-19)35(32,33)31-25(20-8-6-5-7-9-20)27(34-15-14-30(3)4)23-16-21(28)17-24(29)26(23)31/h5-13,16-18H,14-15H2,1-4H3. The Kier molecular flexibility index (Phi) is 7.48. The first kappa shape index (κ1) is 25.6. The number of aromatic nitrogens is 1. The van der Waals surface area contributed by atoms with E-state index in [9.17, 15) is 8.42 Å². The van der Waals surface area contributed by atoms with Crippen molar-refractivity contribution in [3.05, 3.63) is 82.3 Å². The number of rotatable bonds is 8. The first-order chi connectivity index (χ1) is 16.6. The van der Waals surface area contributed by atoms with E-state index in [4.69, 9.17) is 27.9 Å². The van der Waals surface area contributed by atoms with Gasteiger partial charge in [0.15, 0.2) is 5.75 Å². The summed E-state index contributed by atoms with van der Waals surface area (Å²) < 4.78 is 35.9. The number of halogens is 2. The Labute approximate surface area is 216 Å². The lowest BCUT2D eigenvalue weighted by Crippen LogP contribution is -2.19. The van der Waals surface area contributed by atoms with E-state index in [1.807, 2.05) is 61.5 Å². The molecule has 0 aliphatic rings. The smallest absolute Gasteiger partial charge is 0.268 e. The average molecular weight is 532 g/mol. The van der Waals surface area contributed by atoms with Crippen molar-refractivity contribution in [3.8, 4) is 17.0 Å². The van der Waals surface area contributed by atoms with Crippen molar-refractivity contribution >= 4 is 44.1 Å². The normalized spacial score (nSPS) is 12.1. The predicted octanol–water partition coefficient (Wildman–Crippen LogP) is 6.92. The van der Waals surface area contributed by atoms with Gasteiger partial charge in [0.1, 0.15) is 12.3 Å². The highest BCUT2D eigenvalue weighted by atomic mass is 35.5. The van der Waals surface area contributed by atoms with Crippen LogP contribution in [-0.4, -0.2) is 44.5 Å². The Bertz CT molecular complexity index is 1450. The number of nitrogens with zero attached hydrogens (tertiary/aromatic N) is 2. The molecule has 0 atom stereocenters. The lowest BCUT2D eigenvalue weighted by Gasteiger charge is -2.15. The molecule has 0 aliphatic carbocycles. The third-order valence-corrected chi connectivity index (χ3v) is 8.03. The fourth-order valence-corrected chi connectivity index (χ4v) is 6.15. The summed E-state index contributed by atoms with van der Waals surface area (Å²) in [4.78, 5) is 2.16. The molecule has 1 heterocycles. The van der Waals surface area contributed by atoms with Crippen molar-refractivity contribution in [3.63, 3.8) is 0 Å². The van der Waals surface area contributed by atoms with E-state index in [0.717, 1.165) is 5.56 Å². The maximum absolute atomic E-state index is 14.2. The summed E-state index contributed by atoms with van der Waals surface area (Å²) in [5.41, 5.74) is 2.50. The Morgan fingerprint density at radius 3 is 2.23 bits per heavy atom. The van der Waals surface area contributed by atoms with Gasteiger partial charge in [-0.2, -0.15) is 0 Å². The van der Waals surface area contributed by atoms with Gasteiger partial charge >= 0.3 is 0 Å². The summed E-state index contributed by atoms with van der Waals surface area (Å²) in [6.45, 7) is 5.15. The number of likely N-dealkylation sites (N-methyl/N-ethyl adjacent to an activating group) is 1. The van der Waals surface area contributed by atoms with Crippen molar-refractivity contribution < 1.29 is 13.2 Å². The number of hydrogen-bond acceptors (Lipinski definition) is 4. The molecule has 1 aromatic heterocycles. The molecule has 3 aromatic carbocycles. The lowest BCUT2D eigenvalue weighted by atomic mass is 10.0. The molecular weight excluding hydrogens is 503 g/mol. The summed E-state index contributed by atoms with van der Waals surface area (Å²) in [5.74, 6) is 0.715. The van der Waals surface area contributed by atoms with Crippen LogP contribution >= 0.6 is 23.2 Å². The van der Waals surface area contributed by atoms with Gasteiger partial charge in [0.05, 0.1) is 15.4 Å². The quantitative estimate of drug-likeness (QED) is 0.248. The van der Waals surface area contributed by atoms with Crippen LogP contribution in [0.4, 0.5) is 0 Å². The van der Waals surface area contributed by atoms with Crippen LogP contribution in [-0.2, 0) is 10.0 Å². The van der Waals surface area contributed by atoms with E-state index in [1.54, 1.807) is 24.3 Å². The second kappa shape index (κ2) is 10.2. The Hall–Kier alpha value is -2.51. The second-order valence-electron chi connectivity index (χ2n) is 8.97. The van der Waals surface area contributed by atoms with Crippen LogP contribution in [0.25, 0.3) is 22.2 Å². The van der Waals surface area contributed by atoms with Crippen LogP contribution < -0.4 is 4.74 Å². The molecule has 0 spiro atoms. The average Bonchev–Trinajstić information content (AvgIpc) is 3.14. The van der Waals surface area contributed by atoms with Gasteiger partial charge in [0, 0.05) is 22.5 Å². The third kappa shape index (κ3) is 5.07. The molecule has 0 aliphatic heterocycles. The van der Waals surface area contributed by atoms with Crippen molar-refractivity contribution in [1.82, 2.24) is 8.87 Å². The maximum atomic E-state index is 14.2. The molecule has 35 heavy (non-hydrogen) atoms. The van der Waals surface area contributed by atoms with Crippen molar-refractivity contribution in [2.24, 2.45) is 0 Å². The van der Waals surface area contributed by atoms with Crippen LogP contribution in [0.1, 0.15) is 25.3 Å². The fourth-order valence-electron chi connectivity index (χ4n) is 3.97. The highest BCUT2D eigenvalue weighted by Gasteiger charge is 2.30. The first-order valence-electron chi connectivity index (χ1n) is 11.3. The Morgan fingerprint density at radius 1 is 0.971 bits per heavy atom. The zero-order chi connectivity index (χ0) is 25.3. The van der Waals surface area contributed by atoms with Gasteiger partial charge in [-0.1, -0.05) is 79.5 Å². The van der Waals surface area contributed by atoms with E-state index in [1.165, 1.54) is 3.97 Å². The molecule has 5 nitrogen and oxygen atoms in total. The molecule has 0 unspecified atom stereocenters. The number of fused-ring (bicyclic) bond motifs is 1.